The Morgan fingerprint density at radius 1 is 0.420 bits per heavy atom. The molecule has 410 valence electrons. The third-order valence-corrected chi connectivity index (χ3v) is 14.1. The van der Waals surface area contributed by atoms with Crippen molar-refractivity contribution < 1.29 is 69.0 Å². The van der Waals surface area contributed by atoms with E-state index >= 15 is 0 Å². The molecule has 2 aliphatic rings. The standard InChI is InChI=1S/C55H106O14/c1-3-5-7-9-11-13-15-17-19-20-21-22-23-24-26-28-30-32-34-36-38-47(57)67-44(41-64-39-37-35-33-31-29-27-25-18-16-14-12-10-8-6-4-2)42-65-54-53(63)51(61)49(59)46(69-54)43-66-55-52(62)50(60)48(58)45(40-56)68-55/h44-46,48-56,58-63H,3-43H2,1-2H3. The molecule has 0 aliphatic carbocycles. The largest absolute Gasteiger partial charge is 0.457 e. The number of ether oxygens (including phenoxy) is 6. The Labute approximate surface area is 419 Å². The van der Waals surface area contributed by atoms with Gasteiger partial charge in [-0.05, 0) is 12.8 Å². The highest BCUT2D eigenvalue weighted by Crippen LogP contribution is 2.27. The smallest absolute Gasteiger partial charge is 0.306 e. The molecule has 2 saturated heterocycles. The van der Waals surface area contributed by atoms with E-state index in [-0.39, 0.29) is 25.6 Å². The second kappa shape index (κ2) is 43.4. The number of aliphatic hydroxyl groups is 7. The number of rotatable bonds is 47. The molecule has 69 heavy (non-hydrogen) atoms. The lowest BCUT2D eigenvalue weighted by Gasteiger charge is -2.42. The molecule has 0 spiro atoms. The van der Waals surface area contributed by atoms with Gasteiger partial charge in [-0.25, -0.2) is 0 Å². The van der Waals surface area contributed by atoms with Crippen molar-refractivity contribution in [3.8, 4) is 0 Å². The summed E-state index contributed by atoms with van der Waals surface area (Å²) in [5, 5.41) is 72.3. The van der Waals surface area contributed by atoms with Crippen molar-refractivity contribution in [2.75, 3.05) is 33.0 Å². The van der Waals surface area contributed by atoms with Crippen LogP contribution in [0, 0.1) is 0 Å². The molecule has 2 aliphatic heterocycles. The number of unbranched alkanes of at least 4 members (excludes halogenated alkanes) is 33. The van der Waals surface area contributed by atoms with Crippen molar-refractivity contribution in [3.63, 3.8) is 0 Å². The van der Waals surface area contributed by atoms with Crippen LogP contribution >= 0.6 is 0 Å². The molecule has 0 aromatic heterocycles. The van der Waals surface area contributed by atoms with Crippen molar-refractivity contribution in [1.29, 1.82) is 0 Å². The van der Waals surface area contributed by atoms with Gasteiger partial charge in [0.25, 0.3) is 0 Å². The Bertz CT molecular complexity index is 1150. The highest BCUT2D eigenvalue weighted by Gasteiger charge is 2.47. The minimum Gasteiger partial charge on any atom is -0.457 e. The Kier molecular flexibility index (Phi) is 40.3. The second-order valence-electron chi connectivity index (χ2n) is 20.5. The lowest BCUT2D eigenvalue weighted by molar-refractivity contribution is -0.332. The molecule has 0 bridgehead atoms. The van der Waals surface area contributed by atoms with Gasteiger partial charge >= 0.3 is 5.97 Å². The molecule has 0 aromatic carbocycles. The first kappa shape index (κ1) is 64.1. The fourth-order valence-corrected chi connectivity index (χ4v) is 9.46. The normalized spacial score (nSPS) is 25.6. The van der Waals surface area contributed by atoms with Crippen LogP contribution in [0.2, 0.25) is 0 Å². The number of aliphatic hydroxyl groups excluding tert-OH is 7. The first-order chi connectivity index (χ1) is 33.6. The summed E-state index contributed by atoms with van der Waals surface area (Å²) in [6.45, 7) is 3.76. The van der Waals surface area contributed by atoms with Gasteiger partial charge in [-0.3, -0.25) is 4.79 Å². The van der Waals surface area contributed by atoms with Crippen LogP contribution in [0.4, 0.5) is 0 Å². The third kappa shape index (κ3) is 30.7. The first-order valence-electron chi connectivity index (χ1n) is 28.6. The molecule has 14 heteroatoms. The van der Waals surface area contributed by atoms with Crippen molar-refractivity contribution >= 4 is 5.97 Å². The first-order valence-corrected chi connectivity index (χ1v) is 28.6. The maximum absolute atomic E-state index is 13.1. The summed E-state index contributed by atoms with van der Waals surface area (Å²) in [4.78, 5) is 13.1. The maximum Gasteiger partial charge on any atom is 0.306 e. The fourth-order valence-electron chi connectivity index (χ4n) is 9.46. The average Bonchev–Trinajstić information content (AvgIpc) is 3.35. The fraction of sp³-hybridized carbons (Fsp3) is 0.982. The molecule has 2 heterocycles. The van der Waals surface area contributed by atoms with Gasteiger partial charge in [0, 0.05) is 13.0 Å². The Morgan fingerprint density at radius 2 is 0.768 bits per heavy atom. The van der Waals surface area contributed by atoms with Gasteiger partial charge in [0.1, 0.15) is 54.9 Å². The molecular formula is C55H106O14. The van der Waals surface area contributed by atoms with Crippen molar-refractivity contribution in [1.82, 2.24) is 0 Å². The van der Waals surface area contributed by atoms with E-state index in [0.29, 0.717) is 6.61 Å². The number of carbonyl (C=O) groups excluding carboxylic acids is 1. The highest BCUT2D eigenvalue weighted by molar-refractivity contribution is 5.69. The molecule has 11 unspecified atom stereocenters. The van der Waals surface area contributed by atoms with Crippen LogP contribution in [0.1, 0.15) is 245 Å². The summed E-state index contributed by atoms with van der Waals surface area (Å²) in [5.74, 6) is -0.368. The molecule has 0 aromatic rings. The van der Waals surface area contributed by atoms with Gasteiger partial charge < -0.3 is 64.2 Å². The molecule has 7 N–H and O–H groups in total. The summed E-state index contributed by atoms with van der Waals surface area (Å²) in [7, 11) is 0. The average molecular weight is 991 g/mol. The Hall–Kier alpha value is -1.01. The third-order valence-electron chi connectivity index (χ3n) is 14.1. The summed E-state index contributed by atoms with van der Waals surface area (Å²) < 4.78 is 34.4. The molecule has 11 atom stereocenters. The van der Waals surface area contributed by atoms with Gasteiger partial charge in [-0.2, -0.15) is 0 Å². The van der Waals surface area contributed by atoms with Crippen LogP contribution in [0.25, 0.3) is 0 Å². The van der Waals surface area contributed by atoms with Gasteiger partial charge in [-0.15, -0.1) is 0 Å². The molecule has 14 nitrogen and oxygen atoms in total. The van der Waals surface area contributed by atoms with Gasteiger partial charge in [0.2, 0.25) is 0 Å². The zero-order chi connectivity index (χ0) is 50.2. The molecule has 0 radical (unpaired) electrons. The van der Waals surface area contributed by atoms with Gasteiger partial charge in [0.05, 0.1) is 26.4 Å². The number of hydrogen-bond donors (Lipinski definition) is 7. The number of hydrogen-bond acceptors (Lipinski definition) is 14. The molecule has 0 saturated carbocycles. The van der Waals surface area contributed by atoms with Crippen LogP contribution in [0.5, 0.6) is 0 Å². The monoisotopic (exact) mass is 991 g/mol. The summed E-state index contributed by atoms with van der Waals surface area (Å²) in [5.41, 5.74) is 0. The summed E-state index contributed by atoms with van der Waals surface area (Å²) in [6.07, 6.45) is 28.7. The summed E-state index contributed by atoms with van der Waals surface area (Å²) in [6, 6.07) is 0. The van der Waals surface area contributed by atoms with Crippen LogP contribution < -0.4 is 0 Å². The van der Waals surface area contributed by atoms with E-state index in [0.717, 1.165) is 44.9 Å². The lowest BCUT2D eigenvalue weighted by atomic mass is 9.98. The predicted octanol–water partition coefficient (Wildman–Crippen LogP) is 9.64. The quantitative estimate of drug-likeness (QED) is 0.0223. The topological polar surface area (TPSA) is 214 Å². The van der Waals surface area contributed by atoms with E-state index in [2.05, 4.69) is 13.8 Å². The van der Waals surface area contributed by atoms with E-state index in [1.54, 1.807) is 0 Å². The van der Waals surface area contributed by atoms with Crippen LogP contribution in [0.15, 0.2) is 0 Å². The highest BCUT2D eigenvalue weighted by atomic mass is 16.7. The van der Waals surface area contributed by atoms with E-state index < -0.39 is 80.7 Å². The molecule has 2 fully saturated rings. The minimum atomic E-state index is -1.70. The van der Waals surface area contributed by atoms with E-state index in [4.69, 9.17) is 28.4 Å². The van der Waals surface area contributed by atoms with E-state index in [9.17, 15) is 40.5 Å². The number of esters is 1. The Morgan fingerprint density at radius 3 is 1.17 bits per heavy atom. The van der Waals surface area contributed by atoms with Crippen LogP contribution in [-0.2, 0) is 33.2 Å². The van der Waals surface area contributed by atoms with Crippen molar-refractivity contribution in [3.05, 3.63) is 0 Å². The maximum atomic E-state index is 13.1. The van der Waals surface area contributed by atoms with E-state index in [1.807, 2.05) is 0 Å². The number of carbonyl (C=O) groups is 1. The van der Waals surface area contributed by atoms with Gasteiger partial charge in [0.15, 0.2) is 12.6 Å². The zero-order valence-corrected chi connectivity index (χ0v) is 43.8. The molecule has 2 rings (SSSR count). The van der Waals surface area contributed by atoms with E-state index in [1.165, 1.54) is 180 Å². The van der Waals surface area contributed by atoms with Gasteiger partial charge in [-0.1, -0.05) is 226 Å². The predicted molar refractivity (Wildman–Crippen MR) is 271 cm³/mol. The SMILES string of the molecule is CCCCCCCCCCCCCCCCCCCCCCC(=O)OC(COCCCCCCCCCCCCCCCCC)COC1OC(COC2OC(CO)C(O)C(O)C2O)C(O)C(O)C1O. The second-order valence-corrected chi connectivity index (χ2v) is 20.5. The Balaban J connectivity index is 1.71. The molecule has 0 amide bonds. The van der Waals surface area contributed by atoms with Crippen molar-refractivity contribution in [2.24, 2.45) is 0 Å². The minimum absolute atomic E-state index is 0.0707. The van der Waals surface area contributed by atoms with Crippen molar-refractivity contribution in [2.45, 2.75) is 313 Å². The zero-order valence-electron chi connectivity index (χ0n) is 43.8. The summed E-state index contributed by atoms with van der Waals surface area (Å²) >= 11 is 0. The lowest BCUT2D eigenvalue weighted by Crippen LogP contribution is -2.61. The van der Waals surface area contributed by atoms with Crippen LogP contribution in [-0.4, -0.2) is 142 Å². The molecular weight excluding hydrogens is 885 g/mol. The van der Waals surface area contributed by atoms with Crippen LogP contribution in [0.3, 0.4) is 0 Å².